The van der Waals surface area contributed by atoms with Crippen LogP contribution in [0.3, 0.4) is 0 Å². The van der Waals surface area contributed by atoms with Crippen LogP contribution < -0.4 is 15.5 Å². The van der Waals surface area contributed by atoms with Crippen molar-refractivity contribution in [3.8, 4) is 5.75 Å². The molecule has 24 heavy (non-hydrogen) atoms. The zero-order chi connectivity index (χ0) is 17.5. The highest BCUT2D eigenvalue weighted by atomic mass is 79.9. The Kier molecular flexibility index (Phi) is 6.32. The average Bonchev–Trinajstić information content (AvgIpc) is 2.73. The fraction of sp³-hybridized carbons (Fsp3) is 0.158. The van der Waals surface area contributed by atoms with Crippen molar-refractivity contribution in [1.82, 2.24) is 0 Å². The number of anilines is 1. The molecular weight excluding hydrogens is 370 g/mol. The van der Waals surface area contributed by atoms with Gasteiger partial charge >= 0.3 is 0 Å². The van der Waals surface area contributed by atoms with Gasteiger partial charge in [0, 0.05) is 16.6 Å². The Morgan fingerprint density at radius 2 is 2.00 bits per heavy atom. The lowest BCUT2D eigenvalue weighted by molar-refractivity contribution is 0.104. The molecule has 0 saturated carbocycles. The minimum Gasteiger partial charge on any atom is -0.496 e. The molecule has 0 spiro atoms. The summed E-state index contributed by atoms with van der Waals surface area (Å²) in [5, 5.41) is 2.98. The number of hydrogen-bond acceptors (Lipinski definition) is 4. The summed E-state index contributed by atoms with van der Waals surface area (Å²) in [5.41, 5.74) is 0.954. The summed E-state index contributed by atoms with van der Waals surface area (Å²) in [7, 11) is 1.57. The maximum absolute atomic E-state index is 12.5. The van der Waals surface area contributed by atoms with Crippen LogP contribution in [-0.2, 0) is 0 Å². The Morgan fingerprint density at radius 1 is 1.25 bits per heavy atom. The zero-order valence-corrected chi connectivity index (χ0v) is 15.1. The molecule has 0 amide bonds. The molecule has 0 radical (unpaired) electrons. The molecular formula is C19H18BrNO3. The zero-order valence-electron chi connectivity index (χ0n) is 13.5. The number of nitrogens with one attached hydrogen (secondary N) is 1. The molecule has 0 fully saturated rings. The Labute approximate surface area is 149 Å². The van der Waals surface area contributed by atoms with Gasteiger partial charge in [0.25, 0.3) is 0 Å². The predicted molar refractivity (Wildman–Crippen MR) is 101 cm³/mol. The van der Waals surface area contributed by atoms with Crippen LogP contribution in [0, 0.1) is 0 Å². The number of allylic oxidation sites excluding steroid dienone is 1. The van der Waals surface area contributed by atoms with E-state index >= 15 is 0 Å². The van der Waals surface area contributed by atoms with Crippen LogP contribution >= 0.6 is 15.9 Å². The lowest BCUT2D eigenvalue weighted by atomic mass is 10.1. The van der Waals surface area contributed by atoms with Crippen molar-refractivity contribution in [2.45, 2.75) is 6.92 Å². The van der Waals surface area contributed by atoms with Gasteiger partial charge in [-0.05, 0) is 43.3 Å². The van der Waals surface area contributed by atoms with E-state index in [1.807, 2.05) is 31.2 Å². The van der Waals surface area contributed by atoms with Crippen LogP contribution in [0.4, 0.5) is 5.69 Å². The maximum Gasteiger partial charge on any atom is 0.212 e. The van der Waals surface area contributed by atoms with E-state index in [9.17, 15) is 9.59 Å². The molecule has 1 N–H and O–H groups in total. The van der Waals surface area contributed by atoms with Gasteiger partial charge < -0.3 is 10.1 Å². The molecule has 0 heterocycles. The third-order valence-electron chi connectivity index (χ3n) is 3.37. The smallest absolute Gasteiger partial charge is 0.212 e. The summed E-state index contributed by atoms with van der Waals surface area (Å²) >= 11 is 3.34. The molecule has 4 nitrogen and oxygen atoms in total. The van der Waals surface area contributed by atoms with Gasteiger partial charge in [-0.15, -0.1) is 0 Å². The van der Waals surface area contributed by atoms with E-state index < -0.39 is 0 Å². The minimum atomic E-state index is -0.359. The normalized spacial score (nSPS) is 10.6. The lowest BCUT2D eigenvalue weighted by Gasteiger charge is -2.03. The van der Waals surface area contributed by atoms with Gasteiger partial charge in [0.15, 0.2) is 5.78 Å². The van der Waals surface area contributed by atoms with Crippen LogP contribution in [0.1, 0.15) is 22.8 Å². The second-order valence-electron chi connectivity index (χ2n) is 4.99. The average molecular weight is 388 g/mol. The second-order valence-corrected chi connectivity index (χ2v) is 5.90. The lowest BCUT2D eigenvalue weighted by Crippen LogP contribution is -2.15. The largest absolute Gasteiger partial charge is 0.496 e. The summed E-state index contributed by atoms with van der Waals surface area (Å²) in [6.07, 6.45) is 3.03. The first-order valence-corrected chi connectivity index (χ1v) is 8.29. The molecule has 0 unspecified atom stereocenters. The van der Waals surface area contributed by atoms with Gasteiger partial charge in [-0.25, -0.2) is 0 Å². The topological polar surface area (TPSA) is 55.4 Å². The summed E-state index contributed by atoms with van der Waals surface area (Å²) in [6.45, 7) is 2.49. The SMILES string of the molecule is CCNc1ccc(Br)cc(C(=O)/C=C\c2ccccc2OC)c1=O. The van der Waals surface area contributed by atoms with Gasteiger partial charge in [-0.2, -0.15) is 0 Å². The molecule has 2 aromatic carbocycles. The summed E-state index contributed by atoms with van der Waals surface area (Å²) in [6, 6.07) is 12.3. The Hall–Kier alpha value is -2.40. The van der Waals surface area contributed by atoms with Gasteiger partial charge in [0.05, 0.1) is 18.4 Å². The van der Waals surface area contributed by atoms with E-state index in [1.54, 1.807) is 25.3 Å². The predicted octanol–water partition coefficient (Wildman–Crippen LogP) is 4.15. The van der Waals surface area contributed by atoms with Gasteiger partial charge in [0.1, 0.15) is 5.75 Å². The molecule has 0 aromatic heterocycles. The van der Waals surface area contributed by atoms with Crippen molar-refractivity contribution in [3.05, 3.63) is 74.4 Å². The highest BCUT2D eigenvalue weighted by Crippen LogP contribution is 2.19. The number of methoxy groups -OCH3 is 1. The third-order valence-corrected chi connectivity index (χ3v) is 3.86. The summed E-state index contributed by atoms with van der Waals surface area (Å²) < 4.78 is 5.92. The van der Waals surface area contributed by atoms with Crippen molar-refractivity contribution >= 4 is 33.5 Å². The number of para-hydroxylation sites is 1. The molecule has 0 atom stereocenters. The van der Waals surface area contributed by atoms with Gasteiger partial charge in [-0.1, -0.05) is 34.1 Å². The number of rotatable bonds is 6. The number of ether oxygens (including phenoxy) is 1. The van der Waals surface area contributed by atoms with Crippen molar-refractivity contribution in [3.63, 3.8) is 0 Å². The van der Waals surface area contributed by atoms with Gasteiger partial charge in [0.2, 0.25) is 5.43 Å². The molecule has 2 aromatic rings. The van der Waals surface area contributed by atoms with E-state index in [0.717, 1.165) is 5.56 Å². The quantitative estimate of drug-likeness (QED) is 0.597. The number of hydrogen-bond donors (Lipinski definition) is 1. The van der Waals surface area contributed by atoms with E-state index in [2.05, 4.69) is 21.2 Å². The first kappa shape index (κ1) is 17.9. The molecule has 5 heteroatoms. The van der Waals surface area contributed by atoms with E-state index in [-0.39, 0.29) is 16.8 Å². The summed E-state index contributed by atoms with van der Waals surface area (Å²) in [5.74, 6) is 0.305. The van der Waals surface area contributed by atoms with Crippen LogP contribution in [0.15, 0.2) is 57.8 Å². The van der Waals surface area contributed by atoms with E-state index in [4.69, 9.17) is 4.74 Å². The van der Waals surface area contributed by atoms with Crippen molar-refractivity contribution in [2.24, 2.45) is 0 Å². The molecule has 124 valence electrons. The second kappa shape index (κ2) is 8.45. The molecule has 0 saturated heterocycles. The molecule has 0 bridgehead atoms. The number of benzene rings is 1. The Bertz CT molecular complexity index is 831. The number of ketones is 1. The standard InChI is InChI=1S/C19H18BrNO3/c1-3-21-16-10-9-14(20)12-15(19(16)23)17(22)11-8-13-6-4-5-7-18(13)24-2/h4-12H,3H2,1-2H3,(H,21,23)/b11-8-. The number of carbonyl (C=O) groups excluding carboxylic acids is 1. The van der Waals surface area contributed by atoms with Crippen LogP contribution in [-0.4, -0.2) is 19.4 Å². The fourth-order valence-corrected chi connectivity index (χ4v) is 2.57. The monoisotopic (exact) mass is 387 g/mol. The van der Waals surface area contributed by atoms with Gasteiger partial charge in [-0.3, -0.25) is 9.59 Å². The van der Waals surface area contributed by atoms with Crippen LogP contribution in [0.5, 0.6) is 5.75 Å². The fourth-order valence-electron chi connectivity index (χ4n) is 2.21. The third kappa shape index (κ3) is 4.32. The maximum atomic E-state index is 12.5. The number of carbonyl (C=O) groups is 1. The first-order valence-electron chi connectivity index (χ1n) is 7.50. The first-order chi connectivity index (χ1) is 11.6. The van der Waals surface area contributed by atoms with E-state index in [1.165, 1.54) is 12.1 Å². The molecule has 0 aliphatic carbocycles. The molecule has 0 aliphatic heterocycles. The highest BCUT2D eigenvalue weighted by molar-refractivity contribution is 9.10. The number of halogens is 1. The highest BCUT2D eigenvalue weighted by Gasteiger charge is 2.11. The molecule has 0 aliphatic rings. The van der Waals surface area contributed by atoms with Crippen molar-refractivity contribution < 1.29 is 9.53 Å². The van der Waals surface area contributed by atoms with Crippen LogP contribution in [0.25, 0.3) is 6.08 Å². The summed E-state index contributed by atoms with van der Waals surface area (Å²) in [4.78, 5) is 25.0. The molecule has 2 rings (SSSR count). The Balaban J connectivity index is 2.41. The van der Waals surface area contributed by atoms with Crippen LogP contribution in [0.2, 0.25) is 0 Å². The Morgan fingerprint density at radius 3 is 2.71 bits per heavy atom. The van der Waals surface area contributed by atoms with Crippen molar-refractivity contribution in [2.75, 3.05) is 19.0 Å². The van der Waals surface area contributed by atoms with Crippen molar-refractivity contribution in [1.29, 1.82) is 0 Å². The van der Waals surface area contributed by atoms with E-state index in [0.29, 0.717) is 22.5 Å². The minimum absolute atomic E-state index is 0.106.